The SMILES string of the molecule is O=C(c1ccc(Cl)c(Cl)c1)c1ccc2c(c1)C1(OCCCO1)C(=O)N2CC1CC1. The van der Waals surface area contributed by atoms with Crippen LogP contribution in [-0.4, -0.2) is 31.4 Å². The molecule has 2 aromatic rings. The van der Waals surface area contributed by atoms with Crippen molar-refractivity contribution in [3.05, 3.63) is 63.1 Å². The van der Waals surface area contributed by atoms with Crippen molar-refractivity contribution >= 4 is 40.6 Å². The Morgan fingerprint density at radius 3 is 2.41 bits per heavy atom. The first kappa shape index (κ1) is 19.1. The van der Waals surface area contributed by atoms with Gasteiger partial charge in [0.2, 0.25) is 0 Å². The van der Waals surface area contributed by atoms with E-state index in [2.05, 4.69) is 0 Å². The molecule has 0 N–H and O–H groups in total. The summed E-state index contributed by atoms with van der Waals surface area (Å²) < 4.78 is 11.8. The number of fused-ring (bicyclic) bond motifs is 2. The van der Waals surface area contributed by atoms with E-state index < -0.39 is 5.79 Å². The van der Waals surface area contributed by atoms with Gasteiger partial charge in [-0.2, -0.15) is 0 Å². The number of hydrogen-bond acceptors (Lipinski definition) is 4. The van der Waals surface area contributed by atoms with Crippen LogP contribution in [0.25, 0.3) is 0 Å². The summed E-state index contributed by atoms with van der Waals surface area (Å²) in [4.78, 5) is 28.1. The van der Waals surface area contributed by atoms with Crippen LogP contribution in [0.1, 0.15) is 40.7 Å². The molecular formula is C22H19Cl2NO4. The molecular weight excluding hydrogens is 413 g/mol. The minimum atomic E-state index is -1.45. The van der Waals surface area contributed by atoms with Crippen LogP contribution < -0.4 is 4.90 Å². The minimum absolute atomic E-state index is 0.196. The van der Waals surface area contributed by atoms with Gasteiger partial charge in [-0.1, -0.05) is 23.2 Å². The molecule has 5 nitrogen and oxygen atoms in total. The fourth-order valence-corrected chi connectivity index (χ4v) is 4.23. The van der Waals surface area contributed by atoms with Crippen LogP contribution in [0.5, 0.6) is 0 Å². The summed E-state index contributed by atoms with van der Waals surface area (Å²) in [6.45, 7) is 1.53. The average molecular weight is 432 g/mol. The van der Waals surface area contributed by atoms with Crippen LogP contribution in [-0.2, 0) is 20.1 Å². The molecule has 0 radical (unpaired) electrons. The predicted molar refractivity (Wildman–Crippen MR) is 110 cm³/mol. The Balaban J connectivity index is 1.56. The van der Waals surface area contributed by atoms with Crippen molar-refractivity contribution in [3.63, 3.8) is 0 Å². The van der Waals surface area contributed by atoms with Crippen LogP contribution >= 0.6 is 23.2 Å². The highest BCUT2D eigenvalue weighted by atomic mass is 35.5. The van der Waals surface area contributed by atoms with E-state index in [0.717, 1.165) is 24.9 Å². The number of nitrogens with zero attached hydrogens (tertiary/aromatic N) is 1. The lowest BCUT2D eigenvalue weighted by atomic mass is 9.98. The number of amides is 1. The van der Waals surface area contributed by atoms with Gasteiger partial charge in [0.25, 0.3) is 11.7 Å². The van der Waals surface area contributed by atoms with Gasteiger partial charge >= 0.3 is 0 Å². The van der Waals surface area contributed by atoms with Crippen molar-refractivity contribution < 1.29 is 19.1 Å². The normalized spacial score (nSPS) is 20.2. The van der Waals surface area contributed by atoms with Crippen LogP contribution in [0, 0.1) is 5.92 Å². The zero-order valence-corrected chi connectivity index (χ0v) is 17.1. The van der Waals surface area contributed by atoms with Gasteiger partial charge in [0, 0.05) is 23.2 Å². The quantitative estimate of drug-likeness (QED) is 0.665. The number of anilines is 1. The lowest BCUT2D eigenvalue weighted by Gasteiger charge is -2.32. The molecule has 2 heterocycles. The second-order valence-electron chi connectivity index (χ2n) is 7.72. The number of carbonyl (C=O) groups excluding carboxylic acids is 2. The largest absolute Gasteiger partial charge is 0.338 e. The topological polar surface area (TPSA) is 55.8 Å². The molecule has 1 aliphatic carbocycles. The zero-order chi connectivity index (χ0) is 20.2. The highest BCUT2D eigenvalue weighted by Gasteiger charge is 2.55. The molecule has 1 saturated carbocycles. The molecule has 1 saturated heterocycles. The van der Waals surface area contributed by atoms with Gasteiger partial charge in [-0.15, -0.1) is 0 Å². The molecule has 0 bridgehead atoms. The Labute approximate surface area is 178 Å². The van der Waals surface area contributed by atoms with Gasteiger partial charge in [0.1, 0.15) is 0 Å². The number of ether oxygens (including phenoxy) is 2. The lowest BCUT2D eigenvalue weighted by Crippen LogP contribution is -2.47. The summed E-state index contributed by atoms with van der Waals surface area (Å²) in [6, 6.07) is 10.1. The lowest BCUT2D eigenvalue weighted by molar-refractivity contribution is -0.256. The second kappa shape index (κ2) is 7.10. The van der Waals surface area contributed by atoms with Gasteiger partial charge in [-0.05, 0) is 61.6 Å². The fraction of sp³-hybridized carbons (Fsp3) is 0.364. The Morgan fingerprint density at radius 1 is 1.03 bits per heavy atom. The van der Waals surface area contributed by atoms with Crippen LogP contribution in [0.2, 0.25) is 10.0 Å². The molecule has 1 spiro atoms. The van der Waals surface area contributed by atoms with E-state index >= 15 is 0 Å². The minimum Gasteiger partial charge on any atom is -0.338 e. The summed E-state index contributed by atoms with van der Waals surface area (Å²) in [5.41, 5.74) is 2.24. The van der Waals surface area contributed by atoms with Gasteiger partial charge in [-0.3, -0.25) is 9.59 Å². The number of halogens is 2. The zero-order valence-electron chi connectivity index (χ0n) is 15.6. The van der Waals surface area contributed by atoms with Gasteiger partial charge < -0.3 is 14.4 Å². The van der Waals surface area contributed by atoms with Crippen LogP contribution in [0.15, 0.2) is 36.4 Å². The molecule has 3 aliphatic rings. The van der Waals surface area contributed by atoms with E-state index in [4.69, 9.17) is 32.7 Å². The fourth-order valence-electron chi connectivity index (χ4n) is 3.93. The number of ketones is 1. The standard InChI is InChI=1S/C22H19Cl2NO4/c23-17-6-4-15(11-18(17)24)20(26)14-5-7-19-16(10-14)22(28-8-1-9-29-22)21(27)25(19)12-13-2-3-13/h4-7,10-11,13H,1-3,8-9,12H2. The number of rotatable bonds is 4. The van der Waals surface area contributed by atoms with Crippen molar-refractivity contribution in [2.45, 2.75) is 25.0 Å². The second-order valence-corrected chi connectivity index (χ2v) is 8.53. The Bertz CT molecular complexity index is 1010. The summed E-state index contributed by atoms with van der Waals surface area (Å²) >= 11 is 12.0. The molecule has 2 aromatic carbocycles. The number of carbonyl (C=O) groups is 2. The first-order chi connectivity index (χ1) is 14.0. The van der Waals surface area contributed by atoms with Crippen molar-refractivity contribution in [2.24, 2.45) is 5.92 Å². The van der Waals surface area contributed by atoms with E-state index in [-0.39, 0.29) is 11.7 Å². The number of benzene rings is 2. The summed E-state index contributed by atoms with van der Waals surface area (Å²) in [5.74, 6) is -1.33. The Morgan fingerprint density at radius 2 is 1.72 bits per heavy atom. The number of hydrogen-bond donors (Lipinski definition) is 0. The highest BCUT2D eigenvalue weighted by molar-refractivity contribution is 6.42. The first-order valence-electron chi connectivity index (χ1n) is 9.74. The molecule has 2 aliphatic heterocycles. The van der Waals surface area contributed by atoms with Crippen molar-refractivity contribution in [1.82, 2.24) is 0 Å². The van der Waals surface area contributed by atoms with Gasteiger partial charge in [0.05, 0.1) is 28.9 Å². The van der Waals surface area contributed by atoms with Gasteiger partial charge in [-0.25, -0.2) is 0 Å². The molecule has 7 heteroatoms. The van der Waals surface area contributed by atoms with E-state index in [0.29, 0.717) is 52.4 Å². The molecule has 0 unspecified atom stereocenters. The Kier molecular flexibility index (Phi) is 4.67. The molecule has 150 valence electrons. The molecule has 1 amide bonds. The maximum absolute atomic E-state index is 13.3. The van der Waals surface area contributed by atoms with E-state index in [1.807, 2.05) is 6.07 Å². The molecule has 5 rings (SSSR count). The predicted octanol–water partition coefficient (Wildman–Crippen LogP) is 4.57. The van der Waals surface area contributed by atoms with Crippen LogP contribution in [0.3, 0.4) is 0 Å². The Hall–Kier alpha value is -1.92. The summed E-state index contributed by atoms with van der Waals surface area (Å²) in [7, 11) is 0. The van der Waals surface area contributed by atoms with Crippen molar-refractivity contribution in [1.29, 1.82) is 0 Å². The van der Waals surface area contributed by atoms with E-state index in [9.17, 15) is 9.59 Å². The van der Waals surface area contributed by atoms with Crippen molar-refractivity contribution in [2.75, 3.05) is 24.7 Å². The first-order valence-corrected chi connectivity index (χ1v) is 10.5. The molecule has 2 fully saturated rings. The molecule has 29 heavy (non-hydrogen) atoms. The third-order valence-corrected chi connectivity index (χ3v) is 6.39. The van der Waals surface area contributed by atoms with E-state index in [1.54, 1.807) is 35.2 Å². The molecule has 0 atom stereocenters. The highest BCUT2D eigenvalue weighted by Crippen LogP contribution is 2.47. The third-order valence-electron chi connectivity index (χ3n) is 5.65. The van der Waals surface area contributed by atoms with Crippen molar-refractivity contribution in [3.8, 4) is 0 Å². The maximum Gasteiger partial charge on any atom is 0.292 e. The smallest absolute Gasteiger partial charge is 0.292 e. The average Bonchev–Trinajstić information content (AvgIpc) is 3.54. The van der Waals surface area contributed by atoms with E-state index in [1.165, 1.54) is 0 Å². The van der Waals surface area contributed by atoms with Crippen LogP contribution in [0.4, 0.5) is 5.69 Å². The molecule has 0 aromatic heterocycles. The monoisotopic (exact) mass is 431 g/mol. The van der Waals surface area contributed by atoms with Gasteiger partial charge in [0.15, 0.2) is 5.78 Å². The maximum atomic E-state index is 13.3. The third kappa shape index (κ3) is 3.17. The summed E-state index contributed by atoms with van der Waals surface area (Å²) in [6.07, 6.45) is 2.98. The summed E-state index contributed by atoms with van der Waals surface area (Å²) in [5, 5.41) is 0.710.